The first-order chi connectivity index (χ1) is 13.0. The Morgan fingerprint density at radius 3 is 2.81 bits per heavy atom. The molecule has 4 aliphatic rings. The Bertz CT molecular complexity index is 823. The van der Waals surface area contributed by atoms with E-state index in [0.29, 0.717) is 24.3 Å². The minimum atomic E-state index is -0.432. The fourth-order valence-corrected chi connectivity index (χ4v) is 5.64. The number of rotatable bonds is 2. The van der Waals surface area contributed by atoms with Gasteiger partial charge in [0.25, 0.3) is 0 Å². The molecule has 5 rings (SSSR count). The van der Waals surface area contributed by atoms with Crippen molar-refractivity contribution in [1.29, 1.82) is 0 Å². The van der Waals surface area contributed by atoms with Crippen molar-refractivity contribution in [2.45, 2.75) is 56.3 Å². The molecule has 3 heterocycles. The smallest absolute Gasteiger partial charge is 0.303 e. The van der Waals surface area contributed by atoms with E-state index in [1.54, 1.807) is 7.11 Å². The lowest BCUT2D eigenvalue weighted by Gasteiger charge is -2.39. The molecule has 0 radical (unpaired) electrons. The van der Waals surface area contributed by atoms with Crippen LogP contribution in [-0.2, 0) is 25.5 Å². The van der Waals surface area contributed by atoms with Crippen molar-refractivity contribution in [2.24, 2.45) is 0 Å². The van der Waals surface area contributed by atoms with Crippen LogP contribution in [-0.4, -0.2) is 55.0 Å². The molecule has 0 N–H and O–H groups in total. The number of nitrogens with zero attached hydrogens (tertiary/aromatic N) is 1. The van der Waals surface area contributed by atoms with Crippen molar-refractivity contribution in [3.05, 3.63) is 23.3 Å². The van der Waals surface area contributed by atoms with Crippen LogP contribution >= 0.6 is 0 Å². The molecular formula is C20H23NO6. The van der Waals surface area contributed by atoms with Gasteiger partial charge in [0.05, 0.1) is 18.1 Å². The molecule has 4 atom stereocenters. The van der Waals surface area contributed by atoms with Gasteiger partial charge in [0.1, 0.15) is 6.10 Å². The predicted molar refractivity (Wildman–Crippen MR) is 93.7 cm³/mol. The minimum absolute atomic E-state index is 0.119. The van der Waals surface area contributed by atoms with E-state index in [9.17, 15) is 9.59 Å². The van der Waals surface area contributed by atoms with Gasteiger partial charge in [-0.3, -0.25) is 9.59 Å². The zero-order valence-corrected chi connectivity index (χ0v) is 15.5. The van der Waals surface area contributed by atoms with Crippen molar-refractivity contribution in [2.75, 3.05) is 20.4 Å². The molecule has 1 aromatic carbocycles. The highest BCUT2D eigenvalue weighted by Crippen LogP contribution is 2.57. The van der Waals surface area contributed by atoms with Gasteiger partial charge in [-0.2, -0.15) is 0 Å². The lowest BCUT2D eigenvalue weighted by Crippen LogP contribution is -2.49. The van der Waals surface area contributed by atoms with Crippen LogP contribution in [0.15, 0.2) is 12.1 Å². The van der Waals surface area contributed by atoms with E-state index < -0.39 is 6.10 Å². The molecule has 27 heavy (non-hydrogen) atoms. The number of esters is 1. The average Bonchev–Trinajstić information content (AvgIpc) is 3.30. The second-order valence-corrected chi connectivity index (χ2v) is 7.86. The number of ether oxygens (including phenoxy) is 4. The van der Waals surface area contributed by atoms with Gasteiger partial charge in [-0.15, -0.1) is 0 Å². The Labute approximate surface area is 157 Å². The summed E-state index contributed by atoms with van der Waals surface area (Å²) in [5, 5.41) is 0. The van der Waals surface area contributed by atoms with E-state index in [1.807, 2.05) is 17.0 Å². The van der Waals surface area contributed by atoms with E-state index in [2.05, 4.69) is 0 Å². The van der Waals surface area contributed by atoms with Crippen LogP contribution in [0.5, 0.6) is 11.5 Å². The van der Waals surface area contributed by atoms with E-state index in [1.165, 1.54) is 6.92 Å². The fourth-order valence-electron chi connectivity index (χ4n) is 5.64. The zero-order valence-electron chi connectivity index (χ0n) is 15.5. The Hall–Kier alpha value is -2.28. The third-order valence-electron chi connectivity index (χ3n) is 6.57. The maximum Gasteiger partial charge on any atom is 0.303 e. The van der Waals surface area contributed by atoms with Crippen LogP contribution in [0.25, 0.3) is 0 Å². The Kier molecular flexibility index (Phi) is 3.66. The fraction of sp³-hybridized carbons (Fsp3) is 0.600. The van der Waals surface area contributed by atoms with Gasteiger partial charge in [-0.1, -0.05) is 0 Å². The Morgan fingerprint density at radius 1 is 1.30 bits per heavy atom. The van der Waals surface area contributed by atoms with Crippen LogP contribution in [0.3, 0.4) is 0 Å². The number of methoxy groups -OCH3 is 1. The van der Waals surface area contributed by atoms with Crippen molar-refractivity contribution in [3.63, 3.8) is 0 Å². The van der Waals surface area contributed by atoms with Gasteiger partial charge in [0.2, 0.25) is 12.7 Å². The number of amides is 1. The second-order valence-electron chi connectivity index (χ2n) is 7.86. The summed E-state index contributed by atoms with van der Waals surface area (Å²) in [5.41, 5.74) is 1.57. The average molecular weight is 373 g/mol. The lowest BCUT2D eigenvalue weighted by molar-refractivity contribution is -0.152. The Morgan fingerprint density at radius 2 is 2.07 bits per heavy atom. The van der Waals surface area contributed by atoms with Gasteiger partial charge in [-0.05, 0) is 36.1 Å². The summed E-state index contributed by atoms with van der Waals surface area (Å²) in [5.74, 6) is 1.01. The number of benzene rings is 1. The van der Waals surface area contributed by atoms with Crippen molar-refractivity contribution < 1.29 is 28.5 Å². The molecule has 1 aliphatic carbocycles. The highest BCUT2D eigenvalue weighted by Gasteiger charge is 2.62. The van der Waals surface area contributed by atoms with Crippen LogP contribution < -0.4 is 9.47 Å². The van der Waals surface area contributed by atoms with Crippen molar-refractivity contribution in [1.82, 2.24) is 4.90 Å². The Balaban J connectivity index is 1.71. The molecule has 1 unspecified atom stereocenters. The molecule has 144 valence electrons. The summed E-state index contributed by atoms with van der Waals surface area (Å²) in [4.78, 5) is 27.0. The molecular weight excluding hydrogens is 350 g/mol. The van der Waals surface area contributed by atoms with E-state index in [0.717, 1.165) is 30.5 Å². The molecule has 3 aliphatic heterocycles. The number of hydrogen-bond acceptors (Lipinski definition) is 6. The van der Waals surface area contributed by atoms with Crippen molar-refractivity contribution >= 4 is 11.9 Å². The largest absolute Gasteiger partial charge is 0.459 e. The highest BCUT2D eigenvalue weighted by atomic mass is 16.7. The summed E-state index contributed by atoms with van der Waals surface area (Å²) >= 11 is 0. The number of hydrogen-bond donors (Lipinski definition) is 0. The number of carbonyl (C=O) groups is 2. The molecule has 0 aromatic heterocycles. The summed E-state index contributed by atoms with van der Waals surface area (Å²) in [6.45, 7) is 2.34. The summed E-state index contributed by atoms with van der Waals surface area (Å²) < 4.78 is 22.6. The summed E-state index contributed by atoms with van der Waals surface area (Å²) in [6.07, 6.45) is 2.16. The number of carbonyl (C=O) groups excluding carboxylic acids is 2. The van der Waals surface area contributed by atoms with Gasteiger partial charge >= 0.3 is 5.97 Å². The lowest BCUT2D eigenvalue weighted by atomic mass is 9.78. The normalized spacial score (nSPS) is 33.3. The zero-order chi connectivity index (χ0) is 18.8. The van der Waals surface area contributed by atoms with Gasteiger partial charge in [0, 0.05) is 32.9 Å². The van der Waals surface area contributed by atoms with Gasteiger partial charge < -0.3 is 23.8 Å². The maximum atomic E-state index is 13.1. The molecule has 1 saturated heterocycles. The van der Waals surface area contributed by atoms with Crippen LogP contribution in [0, 0.1) is 0 Å². The topological polar surface area (TPSA) is 74.3 Å². The molecule has 1 aromatic rings. The van der Waals surface area contributed by atoms with Crippen molar-refractivity contribution in [3.8, 4) is 11.5 Å². The molecule has 7 nitrogen and oxygen atoms in total. The van der Waals surface area contributed by atoms with Crippen LogP contribution in [0.4, 0.5) is 0 Å². The summed E-state index contributed by atoms with van der Waals surface area (Å²) in [7, 11) is 1.64. The first-order valence-corrected chi connectivity index (χ1v) is 9.46. The molecule has 7 heteroatoms. The molecule has 2 fully saturated rings. The SMILES string of the molecule is COC1C[C@]23CCCN2C(=O)Cc2cc4c(cc2[C@H]3[C@@H]1OC(C)=O)OCO4. The van der Waals surface area contributed by atoms with Gasteiger partial charge in [-0.25, -0.2) is 0 Å². The number of fused-ring (bicyclic) bond motifs is 3. The van der Waals surface area contributed by atoms with Crippen LogP contribution in [0.1, 0.15) is 43.2 Å². The molecule has 0 bridgehead atoms. The van der Waals surface area contributed by atoms with E-state index in [-0.39, 0.29) is 36.2 Å². The first kappa shape index (κ1) is 16.9. The van der Waals surface area contributed by atoms with Gasteiger partial charge in [0.15, 0.2) is 11.5 Å². The van der Waals surface area contributed by atoms with Crippen LogP contribution in [0.2, 0.25) is 0 Å². The third kappa shape index (κ3) is 2.30. The molecule has 1 saturated carbocycles. The second kappa shape index (κ2) is 5.86. The monoisotopic (exact) mass is 373 g/mol. The third-order valence-corrected chi connectivity index (χ3v) is 6.57. The maximum absolute atomic E-state index is 13.1. The van der Waals surface area contributed by atoms with E-state index >= 15 is 0 Å². The quantitative estimate of drug-likeness (QED) is 0.736. The summed E-state index contributed by atoms with van der Waals surface area (Å²) in [6, 6.07) is 3.89. The highest BCUT2D eigenvalue weighted by molar-refractivity contribution is 5.82. The first-order valence-electron chi connectivity index (χ1n) is 9.46. The standard InChI is InChI=1S/C20H23NO6/c1-11(22)27-19-16(24-2)9-20-4-3-5-21(20)17(23)7-12-6-14-15(26-10-25-14)8-13(12)18(19)20/h6,8,16,18-19H,3-5,7,9-10H2,1-2H3/t16?,18-,19+,20-/m0/s1. The molecule has 1 amide bonds. The minimum Gasteiger partial charge on any atom is -0.459 e. The molecule has 1 spiro atoms. The predicted octanol–water partition coefficient (Wildman–Crippen LogP) is 1.77. The van der Waals surface area contributed by atoms with E-state index in [4.69, 9.17) is 18.9 Å².